The maximum atomic E-state index is 2.40. The van der Waals surface area contributed by atoms with Gasteiger partial charge in [0.05, 0.1) is 0 Å². The van der Waals surface area contributed by atoms with E-state index in [9.17, 15) is 0 Å². The van der Waals surface area contributed by atoms with Crippen LogP contribution in [0, 0.1) is 0 Å². The Balaban J connectivity index is 1.35. The molecule has 0 heterocycles. The molecule has 0 spiro atoms. The minimum Gasteiger partial charge on any atom is -0.0885 e. The van der Waals surface area contributed by atoms with Crippen LogP contribution >= 0.6 is 0 Å². The quantitative estimate of drug-likeness (QED) is 0.185. The van der Waals surface area contributed by atoms with E-state index in [-0.39, 0.29) is 0 Å². The van der Waals surface area contributed by atoms with Gasteiger partial charge in [-0.1, -0.05) is 132 Å². The van der Waals surface area contributed by atoms with Crippen LogP contribution in [-0.2, 0) is 6.42 Å². The van der Waals surface area contributed by atoms with Gasteiger partial charge in [-0.15, -0.1) is 0 Å². The highest BCUT2D eigenvalue weighted by molar-refractivity contribution is 5.82. The summed E-state index contributed by atoms with van der Waals surface area (Å²) < 4.78 is 0. The van der Waals surface area contributed by atoms with E-state index in [0.29, 0.717) is 0 Å². The molecule has 0 amide bonds. The maximum Gasteiger partial charge on any atom is -0.0181 e. The van der Waals surface area contributed by atoms with Gasteiger partial charge in [0.25, 0.3) is 0 Å². The molecule has 0 aromatic heterocycles. The van der Waals surface area contributed by atoms with Crippen LogP contribution in [0.15, 0.2) is 54.6 Å². The van der Waals surface area contributed by atoms with Crippen molar-refractivity contribution < 1.29 is 0 Å². The van der Waals surface area contributed by atoms with Gasteiger partial charge in [-0.2, -0.15) is 0 Å². The highest BCUT2D eigenvalue weighted by atomic mass is 14.0. The fourth-order valence-electron chi connectivity index (χ4n) is 4.13. The first kappa shape index (κ1) is 23.7. The Labute approximate surface area is 180 Å². The third-order valence-electron chi connectivity index (χ3n) is 6.04. The minimum atomic E-state index is 1.23. The number of aryl methyl sites for hydroxylation is 1. The van der Waals surface area contributed by atoms with E-state index in [4.69, 9.17) is 0 Å². The zero-order valence-corrected chi connectivity index (χ0v) is 19.0. The van der Waals surface area contributed by atoms with Crippen molar-refractivity contribution in [3.63, 3.8) is 0 Å². The summed E-state index contributed by atoms with van der Waals surface area (Å²) >= 11 is 0. The smallest absolute Gasteiger partial charge is 0.0181 e. The number of unbranched alkanes of at least 4 members (excludes halogenated alkanes) is 13. The molecule has 2 aromatic carbocycles. The third kappa shape index (κ3) is 11.3. The van der Waals surface area contributed by atoms with Crippen molar-refractivity contribution in [1.29, 1.82) is 0 Å². The number of hydrogen-bond acceptors (Lipinski definition) is 0. The van der Waals surface area contributed by atoms with Gasteiger partial charge in [0.1, 0.15) is 0 Å². The topological polar surface area (TPSA) is 0 Å². The van der Waals surface area contributed by atoms with Crippen LogP contribution in [-0.4, -0.2) is 0 Å². The van der Waals surface area contributed by atoms with E-state index in [0.717, 1.165) is 0 Å². The van der Waals surface area contributed by atoms with Gasteiger partial charge in [-0.25, -0.2) is 0 Å². The lowest BCUT2D eigenvalue weighted by Crippen LogP contribution is -1.87. The molecule has 0 radical (unpaired) electrons. The molecule has 0 unspecified atom stereocenters. The Morgan fingerprint density at radius 2 is 1.10 bits per heavy atom. The van der Waals surface area contributed by atoms with Gasteiger partial charge in [0.15, 0.2) is 0 Å². The Morgan fingerprint density at radius 3 is 1.76 bits per heavy atom. The molecule has 0 heteroatoms. The molecular weight excluding hydrogens is 348 g/mol. The summed E-state index contributed by atoms with van der Waals surface area (Å²) in [5, 5.41) is 2.74. The van der Waals surface area contributed by atoms with Gasteiger partial charge in [-0.05, 0) is 48.4 Å². The van der Waals surface area contributed by atoms with Crippen LogP contribution in [0.25, 0.3) is 10.8 Å². The summed E-state index contributed by atoms with van der Waals surface area (Å²) in [6, 6.07) is 15.6. The summed E-state index contributed by atoms with van der Waals surface area (Å²) in [5.74, 6) is 0. The predicted molar refractivity (Wildman–Crippen MR) is 132 cm³/mol. The monoisotopic (exact) mass is 392 g/mol. The number of hydrogen-bond donors (Lipinski definition) is 0. The standard InChI is InChI=1S/C29H44/c1-2-3-4-5-6-7-8-9-10-11-12-13-14-15-16-17-18-21-27-24-25-28-22-19-20-23-29(28)26-27/h5-6,19-20,22-26H,2-4,7-18,21H2,1H3/b6-5+. The van der Waals surface area contributed by atoms with Gasteiger partial charge in [-0.3, -0.25) is 0 Å². The molecule has 29 heavy (non-hydrogen) atoms. The van der Waals surface area contributed by atoms with Gasteiger partial charge >= 0.3 is 0 Å². The SMILES string of the molecule is CCCC/C=C/CCCCCCCCCCCCCc1ccc2ccccc2c1. The van der Waals surface area contributed by atoms with Gasteiger partial charge in [0.2, 0.25) is 0 Å². The van der Waals surface area contributed by atoms with Crippen LogP contribution in [0.3, 0.4) is 0 Å². The molecule has 0 aliphatic rings. The van der Waals surface area contributed by atoms with E-state index < -0.39 is 0 Å². The highest BCUT2D eigenvalue weighted by Gasteiger charge is 1.98. The second-order valence-corrected chi connectivity index (χ2v) is 8.72. The summed E-state index contributed by atoms with van der Waals surface area (Å²) in [6.07, 6.45) is 26.9. The van der Waals surface area contributed by atoms with Gasteiger partial charge in [0, 0.05) is 0 Å². The van der Waals surface area contributed by atoms with Crippen LogP contribution < -0.4 is 0 Å². The van der Waals surface area contributed by atoms with Crippen LogP contribution in [0.1, 0.15) is 109 Å². The van der Waals surface area contributed by atoms with Crippen LogP contribution in [0.2, 0.25) is 0 Å². The predicted octanol–water partition coefficient (Wildman–Crippen LogP) is 9.81. The minimum absolute atomic E-state index is 1.23. The Bertz CT molecular complexity index is 667. The van der Waals surface area contributed by atoms with Gasteiger partial charge < -0.3 is 0 Å². The van der Waals surface area contributed by atoms with E-state index in [1.807, 2.05) is 0 Å². The molecule has 0 aliphatic carbocycles. The largest absolute Gasteiger partial charge is 0.0885 e. The fraction of sp³-hybridized carbons (Fsp3) is 0.586. The second kappa shape index (κ2) is 16.3. The van der Waals surface area contributed by atoms with Crippen LogP contribution in [0.4, 0.5) is 0 Å². The van der Waals surface area contributed by atoms with Crippen LogP contribution in [0.5, 0.6) is 0 Å². The number of rotatable bonds is 17. The molecule has 2 aromatic rings. The first-order valence-corrected chi connectivity index (χ1v) is 12.5. The average Bonchev–Trinajstić information content (AvgIpc) is 2.76. The number of benzene rings is 2. The molecule has 0 saturated carbocycles. The third-order valence-corrected chi connectivity index (χ3v) is 6.04. The first-order valence-electron chi connectivity index (χ1n) is 12.5. The molecule has 2 rings (SSSR count). The second-order valence-electron chi connectivity index (χ2n) is 8.72. The highest BCUT2D eigenvalue weighted by Crippen LogP contribution is 2.18. The molecule has 0 atom stereocenters. The Morgan fingerprint density at radius 1 is 0.552 bits per heavy atom. The zero-order chi connectivity index (χ0) is 20.4. The Kier molecular flexibility index (Phi) is 13.3. The van der Waals surface area contributed by atoms with Crippen molar-refractivity contribution in [2.45, 2.75) is 110 Å². The van der Waals surface area contributed by atoms with E-state index >= 15 is 0 Å². The molecule has 0 fully saturated rings. The zero-order valence-electron chi connectivity index (χ0n) is 19.0. The maximum absolute atomic E-state index is 2.40. The molecule has 0 saturated heterocycles. The molecule has 0 N–H and O–H groups in total. The average molecular weight is 393 g/mol. The van der Waals surface area contributed by atoms with Crippen molar-refractivity contribution >= 4 is 10.8 Å². The van der Waals surface area contributed by atoms with Crippen molar-refractivity contribution in [2.24, 2.45) is 0 Å². The normalized spacial score (nSPS) is 11.6. The van der Waals surface area contributed by atoms with E-state index in [1.54, 1.807) is 0 Å². The molecular formula is C29H44. The van der Waals surface area contributed by atoms with Crippen molar-refractivity contribution in [2.75, 3.05) is 0 Å². The molecule has 160 valence electrons. The summed E-state index contributed by atoms with van der Waals surface area (Å²) in [5.41, 5.74) is 1.50. The lowest BCUT2D eigenvalue weighted by atomic mass is 10.0. The Hall–Kier alpha value is -1.56. The lowest BCUT2D eigenvalue weighted by molar-refractivity contribution is 0.546. The van der Waals surface area contributed by atoms with E-state index in [1.165, 1.54) is 119 Å². The molecule has 0 bridgehead atoms. The molecule has 0 aliphatic heterocycles. The van der Waals surface area contributed by atoms with Crippen molar-refractivity contribution in [3.8, 4) is 0 Å². The summed E-state index contributed by atoms with van der Waals surface area (Å²) in [7, 11) is 0. The van der Waals surface area contributed by atoms with Crippen molar-refractivity contribution in [3.05, 3.63) is 60.2 Å². The fourth-order valence-corrected chi connectivity index (χ4v) is 4.13. The summed E-state index contributed by atoms with van der Waals surface area (Å²) in [6.45, 7) is 2.27. The molecule has 0 nitrogen and oxygen atoms in total. The number of fused-ring (bicyclic) bond motifs is 1. The summed E-state index contributed by atoms with van der Waals surface area (Å²) in [4.78, 5) is 0. The number of allylic oxidation sites excluding steroid dienone is 2. The lowest BCUT2D eigenvalue weighted by Gasteiger charge is -2.05. The van der Waals surface area contributed by atoms with E-state index in [2.05, 4.69) is 61.5 Å². The first-order chi connectivity index (χ1) is 14.4. The van der Waals surface area contributed by atoms with Crippen molar-refractivity contribution in [1.82, 2.24) is 0 Å².